The molecule has 20 heavy (non-hydrogen) atoms. The highest BCUT2D eigenvalue weighted by molar-refractivity contribution is 5.89. The van der Waals surface area contributed by atoms with Gasteiger partial charge in [-0.25, -0.2) is 13.6 Å². The third kappa shape index (κ3) is 2.14. The summed E-state index contributed by atoms with van der Waals surface area (Å²) in [5.74, 6) is -2.12. The molecule has 0 radical (unpaired) electrons. The zero-order valence-corrected chi connectivity index (χ0v) is 11.1. The maximum Gasteiger partial charge on any atom is 0.348 e. The largest absolute Gasteiger partial charge is 0.466 e. The van der Waals surface area contributed by atoms with E-state index in [0.717, 1.165) is 26.4 Å². The molecule has 0 aliphatic heterocycles. The molecule has 1 aromatic carbocycles. The van der Waals surface area contributed by atoms with Gasteiger partial charge in [-0.05, 0) is 23.3 Å². The molecule has 1 aliphatic rings. The molecule has 0 saturated carbocycles. The summed E-state index contributed by atoms with van der Waals surface area (Å²) >= 11 is 0. The van der Waals surface area contributed by atoms with Crippen LogP contribution in [0, 0.1) is 0 Å². The average Bonchev–Trinajstić information content (AvgIpc) is 2.48. The minimum Gasteiger partial charge on any atom is -0.466 e. The first kappa shape index (κ1) is 14.4. The Morgan fingerprint density at radius 1 is 1.25 bits per heavy atom. The summed E-state index contributed by atoms with van der Waals surface area (Å²) in [6.45, 7) is 0. The Balaban J connectivity index is 2.46. The maximum atomic E-state index is 14.3. The van der Waals surface area contributed by atoms with Crippen LogP contribution < -0.4 is 0 Å². The van der Waals surface area contributed by atoms with Crippen molar-refractivity contribution >= 4 is 11.5 Å². The van der Waals surface area contributed by atoms with Crippen LogP contribution in [0.25, 0.3) is 5.57 Å². The number of hydrogen-bond donors (Lipinski definition) is 0. The first-order valence-electron chi connectivity index (χ1n) is 5.98. The van der Waals surface area contributed by atoms with Crippen LogP contribution in [-0.2, 0) is 14.3 Å². The molecule has 0 fully saturated rings. The van der Waals surface area contributed by atoms with Crippen molar-refractivity contribution in [2.24, 2.45) is 0 Å². The Labute approximate surface area is 115 Å². The predicted molar refractivity (Wildman–Crippen MR) is 70.3 cm³/mol. The molecule has 0 bridgehead atoms. The van der Waals surface area contributed by atoms with Gasteiger partial charge >= 0.3 is 5.97 Å². The van der Waals surface area contributed by atoms with Gasteiger partial charge in [0, 0.05) is 7.11 Å². The number of ether oxygens (including phenoxy) is 2. The fourth-order valence-corrected chi connectivity index (χ4v) is 2.16. The SMILES string of the molecule is COC(=O)C1(OC)C(F)=CC(c2ccccc2)=CC1F. The van der Waals surface area contributed by atoms with Crippen molar-refractivity contribution in [3.63, 3.8) is 0 Å². The first-order valence-corrected chi connectivity index (χ1v) is 5.98. The van der Waals surface area contributed by atoms with Gasteiger partial charge in [0.1, 0.15) is 5.83 Å². The second-order valence-corrected chi connectivity index (χ2v) is 4.31. The third-order valence-electron chi connectivity index (χ3n) is 3.27. The van der Waals surface area contributed by atoms with Gasteiger partial charge in [-0.2, -0.15) is 0 Å². The Kier molecular flexibility index (Phi) is 3.99. The van der Waals surface area contributed by atoms with Crippen LogP contribution in [0.1, 0.15) is 5.56 Å². The molecule has 0 aromatic heterocycles. The summed E-state index contributed by atoms with van der Waals surface area (Å²) in [5, 5.41) is 0. The Morgan fingerprint density at radius 3 is 2.40 bits per heavy atom. The number of carbonyl (C=O) groups excluding carboxylic acids is 1. The summed E-state index contributed by atoms with van der Waals surface area (Å²) in [7, 11) is 2.12. The van der Waals surface area contributed by atoms with Gasteiger partial charge in [-0.1, -0.05) is 30.3 Å². The lowest BCUT2D eigenvalue weighted by molar-refractivity contribution is -0.168. The molecule has 1 aliphatic carbocycles. The maximum absolute atomic E-state index is 14.3. The Bertz CT molecular complexity index is 566. The first-order chi connectivity index (χ1) is 9.56. The van der Waals surface area contributed by atoms with E-state index in [4.69, 9.17) is 4.74 Å². The highest BCUT2D eigenvalue weighted by Gasteiger charge is 2.53. The second-order valence-electron chi connectivity index (χ2n) is 4.31. The lowest BCUT2D eigenvalue weighted by Crippen LogP contribution is -2.51. The van der Waals surface area contributed by atoms with Crippen LogP contribution in [0.3, 0.4) is 0 Å². The van der Waals surface area contributed by atoms with Gasteiger partial charge in [0.15, 0.2) is 6.17 Å². The van der Waals surface area contributed by atoms with Gasteiger partial charge in [0.05, 0.1) is 7.11 Å². The molecule has 2 atom stereocenters. The molecule has 2 rings (SSSR count). The number of methoxy groups -OCH3 is 2. The van der Waals surface area contributed by atoms with Gasteiger partial charge in [-0.3, -0.25) is 0 Å². The van der Waals surface area contributed by atoms with Crippen molar-refractivity contribution in [1.82, 2.24) is 0 Å². The summed E-state index contributed by atoms with van der Waals surface area (Å²) in [4.78, 5) is 11.7. The van der Waals surface area contributed by atoms with Crippen LogP contribution in [0.2, 0.25) is 0 Å². The molecule has 2 unspecified atom stereocenters. The molecule has 0 saturated heterocycles. The highest BCUT2D eigenvalue weighted by atomic mass is 19.1. The van der Waals surface area contributed by atoms with Crippen LogP contribution in [-0.4, -0.2) is 32.0 Å². The quantitative estimate of drug-likeness (QED) is 0.799. The Morgan fingerprint density at radius 2 is 1.90 bits per heavy atom. The molecule has 106 valence electrons. The zero-order chi connectivity index (χ0) is 14.8. The minimum atomic E-state index is -2.35. The van der Waals surface area contributed by atoms with Crippen LogP contribution in [0.15, 0.2) is 48.3 Å². The number of esters is 1. The summed E-state index contributed by atoms with van der Waals surface area (Å²) < 4.78 is 37.9. The second kappa shape index (κ2) is 5.54. The van der Waals surface area contributed by atoms with Crippen molar-refractivity contribution in [2.75, 3.05) is 14.2 Å². The monoisotopic (exact) mass is 280 g/mol. The number of benzene rings is 1. The summed E-state index contributed by atoms with van der Waals surface area (Å²) in [6, 6.07) is 8.76. The highest BCUT2D eigenvalue weighted by Crippen LogP contribution is 2.38. The predicted octanol–water partition coefficient (Wildman–Crippen LogP) is 2.83. The number of carbonyl (C=O) groups is 1. The van der Waals surface area contributed by atoms with E-state index in [1.807, 2.05) is 0 Å². The molecule has 0 heterocycles. The molecule has 0 spiro atoms. The fourth-order valence-electron chi connectivity index (χ4n) is 2.16. The minimum absolute atomic E-state index is 0.354. The van der Waals surface area contributed by atoms with Crippen LogP contribution in [0.5, 0.6) is 0 Å². The Hall–Kier alpha value is -2.01. The normalized spacial score (nSPS) is 25.7. The van der Waals surface area contributed by atoms with Crippen molar-refractivity contribution in [1.29, 1.82) is 0 Å². The number of halogens is 2. The smallest absolute Gasteiger partial charge is 0.348 e. The van der Waals surface area contributed by atoms with Crippen molar-refractivity contribution < 1.29 is 23.0 Å². The molecular weight excluding hydrogens is 266 g/mol. The number of alkyl halides is 1. The number of rotatable bonds is 3. The fraction of sp³-hybridized carbons (Fsp3) is 0.267. The van der Waals surface area contributed by atoms with Crippen LogP contribution in [0.4, 0.5) is 8.78 Å². The van der Waals surface area contributed by atoms with Crippen LogP contribution >= 0.6 is 0 Å². The van der Waals surface area contributed by atoms with Crippen molar-refractivity contribution in [2.45, 2.75) is 11.8 Å². The standard InChI is InChI=1S/C15H14F2O3/c1-19-14(18)15(20-2)12(16)8-11(9-13(15)17)10-6-4-3-5-7-10/h3-9,12H,1-2H3. The third-order valence-corrected chi connectivity index (χ3v) is 3.27. The van der Waals surface area contributed by atoms with E-state index in [1.165, 1.54) is 0 Å². The van der Waals surface area contributed by atoms with Gasteiger partial charge < -0.3 is 9.47 Å². The van der Waals surface area contributed by atoms with Crippen molar-refractivity contribution in [3.05, 3.63) is 53.9 Å². The van der Waals surface area contributed by atoms with E-state index in [2.05, 4.69) is 4.74 Å². The van der Waals surface area contributed by atoms with Gasteiger partial charge in [0.25, 0.3) is 5.60 Å². The van der Waals surface area contributed by atoms with Crippen molar-refractivity contribution in [3.8, 4) is 0 Å². The molecule has 3 nitrogen and oxygen atoms in total. The number of allylic oxidation sites excluding steroid dienone is 2. The van der Waals surface area contributed by atoms with E-state index < -0.39 is 23.6 Å². The van der Waals surface area contributed by atoms with E-state index in [-0.39, 0.29) is 0 Å². The van der Waals surface area contributed by atoms with E-state index in [1.54, 1.807) is 30.3 Å². The van der Waals surface area contributed by atoms with E-state index in [9.17, 15) is 13.6 Å². The molecule has 0 amide bonds. The lowest BCUT2D eigenvalue weighted by atomic mass is 9.86. The summed E-state index contributed by atoms with van der Waals surface area (Å²) in [6.07, 6.45) is 0.269. The number of hydrogen-bond acceptors (Lipinski definition) is 3. The molecular formula is C15H14F2O3. The molecule has 1 aromatic rings. The average molecular weight is 280 g/mol. The lowest BCUT2D eigenvalue weighted by Gasteiger charge is -2.32. The van der Waals surface area contributed by atoms with Gasteiger partial charge in [-0.15, -0.1) is 0 Å². The molecule has 0 N–H and O–H groups in total. The topological polar surface area (TPSA) is 35.5 Å². The van der Waals surface area contributed by atoms with E-state index >= 15 is 0 Å². The molecule has 5 heteroatoms. The zero-order valence-electron chi connectivity index (χ0n) is 11.1. The van der Waals surface area contributed by atoms with E-state index in [0.29, 0.717) is 11.1 Å². The summed E-state index contributed by atoms with van der Waals surface area (Å²) in [5.41, 5.74) is -1.35. The van der Waals surface area contributed by atoms with Gasteiger partial charge in [0.2, 0.25) is 0 Å².